The van der Waals surface area contributed by atoms with Crippen LogP contribution in [0.4, 0.5) is 13.2 Å². The number of hydrogen-bond acceptors (Lipinski definition) is 2. The number of halogens is 4. The van der Waals surface area contributed by atoms with Crippen LogP contribution in [0.1, 0.15) is 37.3 Å². The second-order valence-corrected chi connectivity index (χ2v) is 5.80. The largest absolute Gasteiger partial charge is 0.391 e. The van der Waals surface area contributed by atoms with Gasteiger partial charge >= 0.3 is 6.18 Å². The van der Waals surface area contributed by atoms with Gasteiger partial charge in [-0.3, -0.25) is 11.3 Å². The maximum atomic E-state index is 12.9. The molecule has 0 bridgehead atoms. The number of rotatable bonds is 3. The Labute approximate surface area is 121 Å². The van der Waals surface area contributed by atoms with Crippen molar-refractivity contribution in [1.82, 2.24) is 5.43 Å². The molecule has 0 spiro atoms. The Hall–Kier alpha value is -0.780. The molecule has 0 heterocycles. The van der Waals surface area contributed by atoms with E-state index in [1.54, 1.807) is 18.2 Å². The van der Waals surface area contributed by atoms with Gasteiger partial charge in [-0.15, -0.1) is 0 Å². The van der Waals surface area contributed by atoms with Crippen molar-refractivity contribution in [3.05, 3.63) is 34.9 Å². The third-order valence-electron chi connectivity index (χ3n) is 4.04. The van der Waals surface area contributed by atoms with Crippen molar-refractivity contribution in [2.45, 2.75) is 37.9 Å². The summed E-state index contributed by atoms with van der Waals surface area (Å²) in [6, 6.07) is 6.82. The molecular formula is C14H18ClF3N2. The van der Waals surface area contributed by atoms with Crippen molar-refractivity contribution in [3.63, 3.8) is 0 Å². The summed E-state index contributed by atoms with van der Waals surface area (Å²) in [6.07, 6.45) is -2.47. The van der Waals surface area contributed by atoms with Gasteiger partial charge in [-0.2, -0.15) is 13.2 Å². The first-order valence-electron chi connectivity index (χ1n) is 6.70. The fourth-order valence-corrected chi connectivity index (χ4v) is 3.23. The van der Waals surface area contributed by atoms with Crippen LogP contribution in [0, 0.1) is 11.8 Å². The molecule has 20 heavy (non-hydrogen) atoms. The highest BCUT2D eigenvalue weighted by Gasteiger charge is 2.43. The lowest BCUT2D eigenvalue weighted by Gasteiger charge is -2.35. The van der Waals surface area contributed by atoms with Crippen LogP contribution in [0.15, 0.2) is 24.3 Å². The highest BCUT2D eigenvalue weighted by atomic mass is 35.5. The van der Waals surface area contributed by atoms with Crippen molar-refractivity contribution >= 4 is 11.6 Å². The maximum Gasteiger partial charge on any atom is 0.391 e. The molecule has 1 aliphatic carbocycles. The van der Waals surface area contributed by atoms with Crippen LogP contribution in [0.25, 0.3) is 0 Å². The zero-order valence-electron chi connectivity index (χ0n) is 11.0. The van der Waals surface area contributed by atoms with Crippen molar-refractivity contribution in [3.8, 4) is 0 Å². The molecule has 0 aromatic heterocycles. The summed E-state index contributed by atoms with van der Waals surface area (Å²) in [5.41, 5.74) is 3.50. The second-order valence-electron chi connectivity index (χ2n) is 5.36. The third-order valence-corrected chi connectivity index (χ3v) is 4.27. The molecular weight excluding hydrogens is 289 g/mol. The minimum atomic E-state index is -4.12. The first-order valence-corrected chi connectivity index (χ1v) is 7.08. The number of benzene rings is 1. The van der Waals surface area contributed by atoms with Gasteiger partial charge in [0, 0.05) is 11.1 Å². The van der Waals surface area contributed by atoms with Crippen LogP contribution in [0.2, 0.25) is 5.02 Å². The minimum absolute atomic E-state index is 0.116. The number of hydrogen-bond donors (Lipinski definition) is 2. The van der Waals surface area contributed by atoms with Gasteiger partial charge in [0.25, 0.3) is 0 Å². The van der Waals surface area contributed by atoms with Gasteiger partial charge in [-0.1, -0.05) is 30.2 Å². The molecule has 0 radical (unpaired) electrons. The van der Waals surface area contributed by atoms with Crippen LogP contribution in [0.5, 0.6) is 0 Å². The van der Waals surface area contributed by atoms with E-state index in [-0.39, 0.29) is 24.8 Å². The summed E-state index contributed by atoms with van der Waals surface area (Å²) in [4.78, 5) is 0. The standard InChI is InChI=1S/C14H18ClF3N2/c15-12-6-2-4-10(8-12)13(20-19)9-3-1-5-11(7-9)14(16,17)18/h2,4,6,8-9,11,13,20H,1,3,5,7,19H2. The summed E-state index contributed by atoms with van der Waals surface area (Å²) in [7, 11) is 0. The Morgan fingerprint density at radius 2 is 2.05 bits per heavy atom. The quantitative estimate of drug-likeness (QED) is 0.648. The molecule has 1 aromatic carbocycles. The SMILES string of the molecule is NNC(c1cccc(Cl)c1)C1CCCC(C(F)(F)F)C1. The molecule has 3 unspecified atom stereocenters. The molecule has 0 aliphatic heterocycles. The van der Waals surface area contributed by atoms with Gasteiger partial charge < -0.3 is 0 Å². The zero-order chi connectivity index (χ0) is 14.8. The Kier molecular flexibility index (Phi) is 4.94. The normalized spacial score (nSPS) is 25.4. The van der Waals surface area contributed by atoms with Gasteiger partial charge in [0.1, 0.15) is 0 Å². The first kappa shape index (κ1) is 15.6. The average Bonchev–Trinajstić information content (AvgIpc) is 2.39. The molecule has 2 nitrogen and oxygen atoms in total. The van der Waals surface area contributed by atoms with E-state index in [1.165, 1.54) is 0 Å². The lowest BCUT2D eigenvalue weighted by Crippen LogP contribution is -2.38. The van der Waals surface area contributed by atoms with E-state index < -0.39 is 12.1 Å². The van der Waals surface area contributed by atoms with Crippen molar-refractivity contribution in [1.29, 1.82) is 0 Å². The average molecular weight is 307 g/mol. The third kappa shape index (κ3) is 3.65. The number of hydrazine groups is 1. The Bertz CT molecular complexity index is 450. The summed E-state index contributed by atoms with van der Waals surface area (Å²) in [5.74, 6) is 4.21. The van der Waals surface area contributed by atoms with Crippen LogP contribution < -0.4 is 11.3 Å². The Balaban J connectivity index is 2.15. The molecule has 1 aliphatic rings. The van der Waals surface area contributed by atoms with E-state index in [1.807, 2.05) is 6.07 Å². The Morgan fingerprint density at radius 1 is 1.30 bits per heavy atom. The predicted molar refractivity (Wildman–Crippen MR) is 73.0 cm³/mol. The smallest absolute Gasteiger partial charge is 0.271 e. The molecule has 0 saturated heterocycles. The molecule has 3 atom stereocenters. The molecule has 0 amide bonds. The van der Waals surface area contributed by atoms with Gasteiger partial charge in [-0.05, 0) is 42.9 Å². The van der Waals surface area contributed by atoms with E-state index in [0.29, 0.717) is 11.4 Å². The molecule has 1 fully saturated rings. The second kappa shape index (κ2) is 6.33. The van der Waals surface area contributed by atoms with Crippen molar-refractivity contribution < 1.29 is 13.2 Å². The maximum absolute atomic E-state index is 12.9. The van der Waals surface area contributed by atoms with Gasteiger partial charge in [0.2, 0.25) is 0 Å². The fourth-order valence-electron chi connectivity index (χ4n) is 3.03. The summed E-state index contributed by atoms with van der Waals surface area (Å²) < 4.78 is 38.6. The van der Waals surface area contributed by atoms with Gasteiger partial charge in [0.15, 0.2) is 0 Å². The lowest BCUT2D eigenvalue weighted by atomic mass is 9.76. The molecule has 2 rings (SSSR count). The number of alkyl halides is 3. The lowest BCUT2D eigenvalue weighted by molar-refractivity contribution is -0.186. The highest BCUT2D eigenvalue weighted by Crippen LogP contribution is 2.43. The van der Waals surface area contributed by atoms with Gasteiger partial charge in [-0.25, -0.2) is 0 Å². The zero-order valence-corrected chi connectivity index (χ0v) is 11.7. The fraction of sp³-hybridized carbons (Fsp3) is 0.571. The van der Waals surface area contributed by atoms with E-state index in [4.69, 9.17) is 17.4 Å². The number of nitrogens with one attached hydrogen (secondary N) is 1. The number of nitrogens with two attached hydrogens (primary N) is 1. The Morgan fingerprint density at radius 3 is 2.65 bits per heavy atom. The van der Waals surface area contributed by atoms with Crippen molar-refractivity contribution in [2.24, 2.45) is 17.7 Å². The van der Waals surface area contributed by atoms with E-state index in [9.17, 15) is 13.2 Å². The van der Waals surface area contributed by atoms with E-state index in [0.717, 1.165) is 12.0 Å². The van der Waals surface area contributed by atoms with Crippen LogP contribution in [-0.4, -0.2) is 6.18 Å². The summed E-state index contributed by atoms with van der Waals surface area (Å²) in [6.45, 7) is 0. The van der Waals surface area contributed by atoms with Crippen LogP contribution in [0.3, 0.4) is 0 Å². The monoisotopic (exact) mass is 306 g/mol. The van der Waals surface area contributed by atoms with Crippen molar-refractivity contribution in [2.75, 3.05) is 0 Å². The first-order chi connectivity index (χ1) is 9.41. The molecule has 112 valence electrons. The summed E-state index contributed by atoms with van der Waals surface area (Å²) >= 11 is 5.94. The van der Waals surface area contributed by atoms with Gasteiger partial charge in [0.05, 0.1) is 5.92 Å². The molecule has 1 saturated carbocycles. The van der Waals surface area contributed by atoms with E-state index >= 15 is 0 Å². The van der Waals surface area contributed by atoms with E-state index in [2.05, 4.69) is 5.43 Å². The summed E-state index contributed by atoms with van der Waals surface area (Å²) in [5, 5.41) is 0.561. The minimum Gasteiger partial charge on any atom is -0.271 e. The molecule has 1 aromatic rings. The molecule has 3 N–H and O–H groups in total. The predicted octanol–water partition coefficient (Wildman–Crippen LogP) is 4.21. The van der Waals surface area contributed by atoms with Crippen LogP contribution >= 0.6 is 11.6 Å². The molecule has 6 heteroatoms. The topological polar surface area (TPSA) is 38.0 Å². The van der Waals surface area contributed by atoms with Crippen LogP contribution in [-0.2, 0) is 0 Å². The highest BCUT2D eigenvalue weighted by molar-refractivity contribution is 6.30.